The van der Waals surface area contributed by atoms with Crippen LogP contribution in [0, 0.1) is 0 Å². The van der Waals surface area contributed by atoms with Crippen molar-refractivity contribution in [3.63, 3.8) is 0 Å². The third-order valence-electron chi connectivity index (χ3n) is 3.15. The van der Waals surface area contributed by atoms with Crippen LogP contribution < -0.4 is 15.8 Å². The van der Waals surface area contributed by atoms with E-state index in [1.165, 1.54) is 11.1 Å². The minimum atomic E-state index is 0.137. The van der Waals surface area contributed by atoms with Gasteiger partial charge in [-0.1, -0.05) is 40.2 Å². The van der Waals surface area contributed by atoms with Crippen molar-refractivity contribution in [3.8, 4) is 5.75 Å². The average Bonchev–Trinajstić information content (AvgIpc) is 2.50. The lowest BCUT2D eigenvalue weighted by molar-refractivity contribution is 0.414. The molecule has 4 heteroatoms. The van der Waals surface area contributed by atoms with Gasteiger partial charge in [0.1, 0.15) is 5.75 Å². The second-order valence-electron chi connectivity index (χ2n) is 4.50. The van der Waals surface area contributed by atoms with Crippen LogP contribution >= 0.6 is 15.9 Å². The average molecular weight is 335 g/mol. The van der Waals surface area contributed by atoms with E-state index >= 15 is 0 Å². The van der Waals surface area contributed by atoms with E-state index in [1.54, 1.807) is 7.11 Å². The highest BCUT2D eigenvalue weighted by Crippen LogP contribution is 2.25. The van der Waals surface area contributed by atoms with E-state index in [1.807, 2.05) is 12.1 Å². The number of hydrogen-bond acceptors (Lipinski definition) is 3. The van der Waals surface area contributed by atoms with Gasteiger partial charge in [0.2, 0.25) is 0 Å². The molecule has 0 fully saturated rings. The van der Waals surface area contributed by atoms with Crippen molar-refractivity contribution in [3.05, 3.63) is 64.1 Å². The summed E-state index contributed by atoms with van der Waals surface area (Å²) in [6, 6.07) is 16.6. The molecule has 106 valence electrons. The van der Waals surface area contributed by atoms with Gasteiger partial charge < -0.3 is 15.8 Å². The van der Waals surface area contributed by atoms with Gasteiger partial charge in [-0.2, -0.15) is 0 Å². The summed E-state index contributed by atoms with van der Waals surface area (Å²) in [7, 11) is 1.67. The first kappa shape index (κ1) is 15.0. The highest BCUT2D eigenvalue weighted by Gasteiger charge is 2.13. The van der Waals surface area contributed by atoms with Crippen LogP contribution in [-0.2, 0) is 0 Å². The van der Waals surface area contributed by atoms with Crippen LogP contribution in [0.15, 0.2) is 53.0 Å². The van der Waals surface area contributed by atoms with Gasteiger partial charge in [0.15, 0.2) is 0 Å². The summed E-state index contributed by atoms with van der Waals surface area (Å²) < 4.78 is 6.28. The van der Waals surface area contributed by atoms with Crippen molar-refractivity contribution in [1.82, 2.24) is 5.32 Å². The van der Waals surface area contributed by atoms with Gasteiger partial charge in [0.05, 0.1) is 13.2 Å². The third-order valence-corrected chi connectivity index (χ3v) is 3.67. The first-order chi connectivity index (χ1) is 9.74. The summed E-state index contributed by atoms with van der Waals surface area (Å²) in [5.41, 5.74) is 8.02. The molecule has 20 heavy (non-hydrogen) atoms. The molecule has 0 saturated heterocycles. The zero-order chi connectivity index (χ0) is 14.4. The Bertz CT molecular complexity index is 525. The Morgan fingerprint density at radius 3 is 2.10 bits per heavy atom. The molecule has 0 aliphatic carbocycles. The Labute approximate surface area is 128 Å². The predicted octanol–water partition coefficient (Wildman–Crippen LogP) is 3.10. The van der Waals surface area contributed by atoms with Crippen molar-refractivity contribution in [2.75, 3.05) is 20.2 Å². The standard InChI is InChI=1S/C16H19BrN2O/c1-20-15-8-4-13(5-9-15)16(19-11-10-18)12-2-6-14(17)7-3-12/h2-9,16,19H,10-11,18H2,1H3/t16-/m0/s1. The molecule has 0 spiro atoms. The second kappa shape index (κ2) is 7.43. The van der Waals surface area contributed by atoms with Crippen molar-refractivity contribution < 1.29 is 4.74 Å². The first-order valence-electron chi connectivity index (χ1n) is 6.57. The lowest BCUT2D eigenvalue weighted by Crippen LogP contribution is -2.28. The molecule has 3 nitrogen and oxygen atoms in total. The Hall–Kier alpha value is -1.36. The summed E-state index contributed by atoms with van der Waals surface area (Å²) in [6.45, 7) is 1.38. The summed E-state index contributed by atoms with van der Waals surface area (Å²) in [5.74, 6) is 0.863. The number of rotatable bonds is 6. The zero-order valence-corrected chi connectivity index (χ0v) is 13.1. The molecule has 0 aliphatic heterocycles. The molecule has 2 rings (SSSR count). The number of hydrogen-bond donors (Lipinski definition) is 2. The Kier molecular flexibility index (Phi) is 5.59. The zero-order valence-electron chi connectivity index (χ0n) is 11.5. The second-order valence-corrected chi connectivity index (χ2v) is 5.42. The molecule has 0 aromatic heterocycles. The molecule has 1 atom stereocenters. The van der Waals surface area contributed by atoms with Crippen LogP contribution in [0.3, 0.4) is 0 Å². The molecule has 0 heterocycles. The van der Waals surface area contributed by atoms with Crippen molar-refractivity contribution in [2.24, 2.45) is 5.73 Å². The number of benzene rings is 2. The minimum Gasteiger partial charge on any atom is -0.497 e. The van der Waals surface area contributed by atoms with Crippen LogP contribution in [0.4, 0.5) is 0 Å². The lowest BCUT2D eigenvalue weighted by atomic mass is 9.98. The topological polar surface area (TPSA) is 47.3 Å². The Morgan fingerprint density at radius 1 is 1.05 bits per heavy atom. The van der Waals surface area contributed by atoms with Gasteiger partial charge in [-0.15, -0.1) is 0 Å². The van der Waals surface area contributed by atoms with Gasteiger partial charge in [-0.3, -0.25) is 0 Å². The number of ether oxygens (including phenoxy) is 1. The maximum absolute atomic E-state index is 5.61. The van der Waals surface area contributed by atoms with Gasteiger partial charge in [-0.05, 0) is 35.4 Å². The molecule has 0 bridgehead atoms. The highest BCUT2D eigenvalue weighted by atomic mass is 79.9. The van der Waals surface area contributed by atoms with E-state index in [0.717, 1.165) is 16.8 Å². The van der Waals surface area contributed by atoms with Crippen LogP contribution in [0.1, 0.15) is 17.2 Å². The maximum atomic E-state index is 5.61. The molecule has 0 amide bonds. The summed E-state index contributed by atoms with van der Waals surface area (Å²) >= 11 is 3.47. The van der Waals surface area contributed by atoms with Crippen LogP contribution in [0.25, 0.3) is 0 Å². The van der Waals surface area contributed by atoms with Crippen molar-refractivity contribution in [1.29, 1.82) is 0 Å². The highest BCUT2D eigenvalue weighted by molar-refractivity contribution is 9.10. The van der Waals surface area contributed by atoms with E-state index in [2.05, 4.69) is 57.6 Å². The molecule has 0 saturated carbocycles. The molecule has 2 aromatic rings. The van der Waals surface area contributed by atoms with Gasteiger partial charge in [-0.25, -0.2) is 0 Å². The molecule has 0 aliphatic rings. The van der Waals surface area contributed by atoms with Gasteiger partial charge in [0, 0.05) is 17.6 Å². The van der Waals surface area contributed by atoms with Crippen molar-refractivity contribution in [2.45, 2.75) is 6.04 Å². The Morgan fingerprint density at radius 2 is 1.60 bits per heavy atom. The predicted molar refractivity (Wildman–Crippen MR) is 86.0 cm³/mol. The fourth-order valence-corrected chi connectivity index (χ4v) is 2.37. The van der Waals surface area contributed by atoms with E-state index in [4.69, 9.17) is 10.5 Å². The molecule has 0 unspecified atom stereocenters. The number of nitrogens with one attached hydrogen (secondary N) is 1. The third kappa shape index (κ3) is 3.82. The van der Waals surface area contributed by atoms with Crippen molar-refractivity contribution >= 4 is 15.9 Å². The van der Waals surface area contributed by atoms with Crippen LogP contribution in [0.2, 0.25) is 0 Å². The van der Waals surface area contributed by atoms with E-state index in [0.29, 0.717) is 6.54 Å². The molecular weight excluding hydrogens is 316 g/mol. The SMILES string of the molecule is COc1ccc([C@@H](NCCN)c2ccc(Br)cc2)cc1. The largest absolute Gasteiger partial charge is 0.497 e. The smallest absolute Gasteiger partial charge is 0.118 e. The molecular formula is C16H19BrN2O. The normalized spacial score (nSPS) is 12.2. The monoisotopic (exact) mass is 334 g/mol. The summed E-state index contributed by atoms with van der Waals surface area (Å²) in [6.07, 6.45) is 0. The lowest BCUT2D eigenvalue weighted by Gasteiger charge is -2.20. The van der Waals surface area contributed by atoms with Gasteiger partial charge >= 0.3 is 0 Å². The maximum Gasteiger partial charge on any atom is 0.118 e. The van der Waals surface area contributed by atoms with Crippen LogP contribution in [0.5, 0.6) is 5.75 Å². The molecule has 0 radical (unpaired) electrons. The molecule has 2 aromatic carbocycles. The summed E-state index contributed by atoms with van der Waals surface area (Å²) in [4.78, 5) is 0. The van der Waals surface area contributed by atoms with E-state index < -0.39 is 0 Å². The minimum absolute atomic E-state index is 0.137. The Balaban J connectivity index is 2.27. The van der Waals surface area contributed by atoms with E-state index in [-0.39, 0.29) is 6.04 Å². The fraction of sp³-hybridized carbons (Fsp3) is 0.250. The number of methoxy groups -OCH3 is 1. The molecule has 3 N–H and O–H groups in total. The quantitative estimate of drug-likeness (QED) is 0.853. The number of nitrogens with two attached hydrogens (primary N) is 1. The number of halogens is 1. The van der Waals surface area contributed by atoms with E-state index in [9.17, 15) is 0 Å². The first-order valence-corrected chi connectivity index (χ1v) is 7.36. The summed E-state index contributed by atoms with van der Waals surface area (Å²) in [5, 5.41) is 3.48. The van der Waals surface area contributed by atoms with Crippen LogP contribution in [-0.4, -0.2) is 20.2 Å². The van der Waals surface area contributed by atoms with Gasteiger partial charge in [0.25, 0.3) is 0 Å². The fourth-order valence-electron chi connectivity index (χ4n) is 2.11.